The molecular weight excluding hydrogens is 399 g/mol. The number of aryl methyl sites for hydroxylation is 3. The molecule has 1 saturated heterocycles. The Morgan fingerprint density at radius 3 is 2.70 bits per heavy atom. The predicted molar refractivity (Wildman–Crippen MR) is 118 cm³/mol. The number of nitrogens with zero attached hydrogens (tertiary/aromatic N) is 4. The van der Waals surface area contributed by atoms with Crippen LogP contribution < -0.4 is 4.90 Å². The van der Waals surface area contributed by atoms with Gasteiger partial charge in [0.15, 0.2) is 0 Å². The number of rotatable bonds is 3. The lowest BCUT2D eigenvalue weighted by Crippen LogP contribution is -2.49. The maximum atomic E-state index is 13.5. The normalized spacial score (nSPS) is 16.7. The molecule has 3 aromatic rings. The summed E-state index contributed by atoms with van der Waals surface area (Å²) in [5.74, 6) is 1.44. The molecule has 1 aromatic carbocycles. The van der Waals surface area contributed by atoms with Crippen LogP contribution in [0.2, 0.25) is 0 Å². The first-order valence-electron chi connectivity index (χ1n) is 10.7. The molecule has 2 aliphatic rings. The summed E-state index contributed by atoms with van der Waals surface area (Å²) >= 11 is 1.83. The van der Waals surface area contributed by atoms with Crippen LogP contribution in [0.25, 0.3) is 10.2 Å². The number of carbonyl (C=O) groups is 1. The van der Waals surface area contributed by atoms with Crippen LogP contribution in [0.5, 0.6) is 0 Å². The van der Waals surface area contributed by atoms with E-state index >= 15 is 0 Å². The first-order chi connectivity index (χ1) is 14.6. The first-order valence-corrected chi connectivity index (χ1v) is 11.6. The summed E-state index contributed by atoms with van der Waals surface area (Å²) in [5.41, 5.74) is 1.85. The fourth-order valence-electron chi connectivity index (χ4n) is 4.49. The Hall–Kier alpha value is -2.54. The van der Waals surface area contributed by atoms with Gasteiger partial charge in [0.25, 0.3) is 5.91 Å². The van der Waals surface area contributed by atoms with Gasteiger partial charge in [0, 0.05) is 43.0 Å². The zero-order valence-corrected chi connectivity index (χ0v) is 18.0. The van der Waals surface area contributed by atoms with Gasteiger partial charge in [-0.3, -0.25) is 4.79 Å². The van der Waals surface area contributed by atoms with Gasteiger partial charge in [-0.15, -0.1) is 11.3 Å². The van der Waals surface area contributed by atoms with Gasteiger partial charge in [-0.2, -0.15) is 0 Å². The number of hydrogen-bond acceptors (Lipinski definition) is 5. The standard InChI is InChI=1S/C23H25FN4OS/c1-2-19-25-21(20-17-8-3-4-9-18(17)30-22(20)26-19)27-10-12-28(13-11-27)23(29)15-6-5-7-16(24)14-15/h5-7,14H,2-4,8-13H2,1H3. The third-order valence-corrected chi connectivity index (χ3v) is 7.28. The molecule has 5 rings (SSSR count). The molecule has 0 atom stereocenters. The van der Waals surface area contributed by atoms with Crippen molar-refractivity contribution in [2.45, 2.75) is 39.0 Å². The van der Waals surface area contributed by atoms with Crippen LogP contribution in [0.4, 0.5) is 10.2 Å². The topological polar surface area (TPSA) is 49.3 Å². The van der Waals surface area contributed by atoms with E-state index in [1.165, 1.54) is 40.8 Å². The molecular formula is C23H25FN4OS. The Bertz CT molecular complexity index is 1100. The number of fused-ring (bicyclic) bond motifs is 3. The molecule has 7 heteroatoms. The Kier molecular flexibility index (Phi) is 5.15. The number of halogens is 1. The molecule has 3 heterocycles. The Labute approximate surface area is 179 Å². The summed E-state index contributed by atoms with van der Waals surface area (Å²) in [7, 11) is 0. The Balaban J connectivity index is 1.42. The van der Waals surface area contributed by atoms with Gasteiger partial charge in [-0.25, -0.2) is 14.4 Å². The van der Waals surface area contributed by atoms with Gasteiger partial charge in [0.05, 0.1) is 5.39 Å². The Morgan fingerprint density at radius 2 is 1.93 bits per heavy atom. The molecule has 0 unspecified atom stereocenters. The van der Waals surface area contributed by atoms with Crippen LogP contribution in [-0.2, 0) is 19.3 Å². The minimum Gasteiger partial charge on any atom is -0.352 e. The molecule has 156 valence electrons. The van der Waals surface area contributed by atoms with Gasteiger partial charge >= 0.3 is 0 Å². The maximum absolute atomic E-state index is 13.5. The van der Waals surface area contributed by atoms with E-state index in [-0.39, 0.29) is 11.7 Å². The first kappa shape index (κ1) is 19.4. The van der Waals surface area contributed by atoms with E-state index in [0.717, 1.165) is 48.8 Å². The largest absolute Gasteiger partial charge is 0.352 e. The maximum Gasteiger partial charge on any atom is 0.254 e. The summed E-state index contributed by atoms with van der Waals surface area (Å²) in [6.45, 7) is 4.75. The molecule has 1 amide bonds. The Morgan fingerprint density at radius 1 is 1.13 bits per heavy atom. The smallest absolute Gasteiger partial charge is 0.254 e. The highest BCUT2D eigenvalue weighted by atomic mass is 32.1. The van der Waals surface area contributed by atoms with Crippen LogP contribution in [0.15, 0.2) is 24.3 Å². The molecule has 0 radical (unpaired) electrons. The SMILES string of the molecule is CCc1nc(N2CCN(C(=O)c3cccc(F)c3)CC2)c2c3c(sc2n1)CCCC3. The molecule has 1 fully saturated rings. The molecule has 0 saturated carbocycles. The lowest BCUT2D eigenvalue weighted by Gasteiger charge is -2.36. The van der Waals surface area contributed by atoms with Crippen molar-refractivity contribution in [3.8, 4) is 0 Å². The van der Waals surface area contributed by atoms with E-state index < -0.39 is 0 Å². The molecule has 2 aromatic heterocycles. The fourth-order valence-corrected chi connectivity index (χ4v) is 5.77. The number of thiophene rings is 1. The van der Waals surface area contributed by atoms with Crippen molar-refractivity contribution in [1.82, 2.24) is 14.9 Å². The second-order valence-corrected chi connectivity index (χ2v) is 9.08. The molecule has 30 heavy (non-hydrogen) atoms. The van der Waals surface area contributed by atoms with Crippen LogP contribution in [0.3, 0.4) is 0 Å². The predicted octanol–water partition coefficient (Wildman–Crippen LogP) is 4.23. The number of anilines is 1. The number of benzene rings is 1. The van der Waals surface area contributed by atoms with Crippen LogP contribution in [-0.4, -0.2) is 47.0 Å². The molecule has 5 nitrogen and oxygen atoms in total. The third-order valence-electron chi connectivity index (χ3n) is 6.10. The molecule has 1 aliphatic carbocycles. The summed E-state index contributed by atoms with van der Waals surface area (Å²) in [6, 6.07) is 5.94. The van der Waals surface area contributed by atoms with Crippen LogP contribution in [0, 0.1) is 5.82 Å². The van der Waals surface area contributed by atoms with Crippen molar-refractivity contribution >= 4 is 33.3 Å². The van der Waals surface area contributed by atoms with Crippen LogP contribution in [0.1, 0.15) is 46.4 Å². The van der Waals surface area contributed by atoms with E-state index in [1.807, 2.05) is 16.2 Å². The van der Waals surface area contributed by atoms with E-state index in [4.69, 9.17) is 9.97 Å². The quantitative estimate of drug-likeness (QED) is 0.631. The second kappa shape index (κ2) is 7.95. The van der Waals surface area contributed by atoms with E-state index in [9.17, 15) is 9.18 Å². The van der Waals surface area contributed by atoms with E-state index in [0.29, 0.717) is 18.7 Å². The highest BCUT2D eigenvalue weighted by Crippen LogP contribution is 2.40. The second-order valence-electron chi connectivity index (χ2n) is 8.00. The van der Waals surface area contributed by atoms with Crippen molar-refractivity contribution < 1.29 is 9.18 Å². The average molecular weight is 425 g/mol. The van der Waals surface area contributed by atoms with E-state index in [1.54, 1.807) is 12.1 Å². The minimum absolute atomic E-state index is 0.107. The van der Waals surface area contributed by atoms with Gasteiger partial charge in [-0.05, 0) is 49.4 Å². The number of hydrogen-bond donors (Lipinski definition) is 0. The lowest BCUT2D eigenvalue weighted by atomic mass is 9.97. The summed E-state index contributed by atoms with van der Waals surface area (Å²) in [6.07, 6.45) is 5.54. The van der Waals surface area contributed by atoms with Gasteiger partial charge < -0.3 is 9.80 Å². The fraction of sp³-hybridized carbons (Fsp3) is 0.435. The number of carbonyl (C=O) groups excluding carboxylic acids is 1. The van der Waals surface area contributed by atoms with Crippen molar-refractivity contribution in [2.75, 3.05) is 31.1 Å². The highest BCUT2D eigenvalue weighted by Gasteiger charge is 2.27. The molecule has 1 aliphatic heterocycles. The molecule has 0 spiro atoms. The highest BCUT2D eigenvalue weighted by molar-refractivity contribution is 7.19. The number of aromatic nitrogens is 2. The lowest BCUT2D eigenvalue weighted by molar-refractivity contribution is 0.0746. The van der Waals surface area contributed by atoms with Crippen molar-refractivity contribution in [3.63, 3.8) is 0 Å². The minimum atomic E-state index is -0.378. The monoisotopic (exact) mass is 424 g/mol. The zero-order valence-electron chi connectivity index (χ0n) is 17.2. The van der Waals surface area contributed by atoms with Gasteiger partial charge in [-0.1, -0.05) is 13.0 Å². The zero-order chi connectivity index (χ0) is 20.7. The van der Waals surface area contributed by atoms with Crippen LogP contribution >= 0.6 is 11.3 Å². The van der Waals surface area contributed by atoms with Gasteiger partial charge in [0.1, 0.15) is 22.3 Å². The number of amides is 1. The molecule has 0 bridgehead atoms. The summed E-state index contributed by atoms with van der Waals surface area (Å²) < 4.78 is 13.5. The van der Waals surface area contributed by atoms with Crippen molar-refractivity contribution in [2.24, 2.45) is 0 Å². The average Bonchev–Trinajstić information content (AvgIpc) is 3.16. The van der Waals surface area contributed by atoms with Crippen molar-refractivity contribution in [3.05, 3.63) is 51.9 Å². The van der Waals surface area contributed by atoms with E-state index in [2.05, 4.69) is 11.8 Å². The summed E-state index contributed by atoms with van der Waals surface area (Å²) in [4.78, 5) is 29.2. The van der Waals surface area contributed by atoms with Crippen molar-refractivity contribution in [1.29, 1.82) is 0 Å². The third kappa shape index (κ3) is 3.45. The van der Waals surface area contributed by atoms with Gasteiger partial charge in [0.2, 0.25) is 0 Å². The molecule has 0 N–H and O–H groups in total. The number of piperazine rings is 1. The summed E-state index contributed by atoms with van der Waals surface area (Å²) in [5, 5.41) is 1.23.